The maximum Gasteiger partial charge on any atom is 0.259 e. The molecule has 2 N–H and O–H groups in total. The molecule has 20 heavy (non-hydrogen) atoms. The maximum absolute atomic E-state index is 13.0. The third-order valence-corrected chi connectivity index (χ3v) is 3.63. The average Bonchev–Trinajstić information content (AvgIpc) is 2.81. The number of nitrogens with two attached hydrogens (primary N) is 1. The first-order valence-electron chi connectivity index (χ1n) is 6.15. The molecule has 2 aromatic rings. The van der Waals surface area contributed by atoms with Gasteiger partial charge in [-0.1, -0.05) is 18.6 Å². The van der Waals surface area contributed by atoms with Gasteiger partial charge in [-0.05, 0) is 30.7 Å². The van der Waals surface area contributed by atoms with E-state index in [0.717, 1.165) is 12.8 Å². The lowest BCUT2D eigenvalue weighted by Crippen LogP contribution is -2.14. The fourth-order valence-corrected chi connectivity index (χ4v) is 2.48. The van der Waals surface area contributed by atoms with Crippen LogP contribution in [0.3, 0.4) is 0 Å². The molecule has 108 valence electrons. The van der Waals surface area contributed by atoms with Crippen molar-refractivity contribution in [2.24, 2.45) is 5.14 Å². The Kier molecular flexibility index (Phi) is 4.15. The number of rotatable bonds is 5. The van der Waals surface area contributed by atoms with E-state index in [0.29, 0.717) is 17.8 Å². The molecule has 0 fully saturated rings. The summed E-state index contributed by atoms with van der Waals surface area (Å²) in [6.07, 6.45) is 1.75. The lowest BCUT2D eigenvalue weighted by atomic mass is 10.1. The van der Waals surface area contributed by atoms with Crippen LogP contribution in [-0.2, 0) is 16.6 Å². The summed E-state index contributed by atoms with van der Waals surface area (Å²) in [5.74, 6) is -0.404. The third kappa shape index (κ3) is 3.02. The molecule has 1 aromatic heterocycles. The van der Waals surface area contributed by atoms with E-state index in [1.54, 1.807) is 0 Å². The number of benzene rings is 1. The van der Waals surface area contributed by atoms with Gasteiger partial charge >= 0.3 is 0 Å². The largest absolute Gasteiger partial charge is 0.259 e. The number of hydrogen-bond acceptors (Lipinski definition) is 4. The van der Waals surface area contributed by atoms with E-state index in [1.165, 1.54) is 28.9 Å². The van der Waals surface area contributed by atoms with Gasteiger partial charge in [-0.2, -0.15) is 0 Å². The van der Waals surface area contributed by atoms with Crippen molar-refractivity contribution in [1.82, 2.24) is 15.0 Å². The van der Waals surface area contributed by atoms with Crippen molar-refractivity contribution < 1.29 is 12.8 Å². The molecule has 0 amide bonds. The molecule has 1 heterocycles. The number of halogens is 1. The molecule has 0 saturated carbocycles. The first-order chi connectivity index (χ1) is 9.43. The molecule has 0 saturated heterocycles. The molecule has 0 atom stereocenters. The lowest BCUT2D eigenvalue weighted by Gasteiger charge is -2.07. The van der Waals surface area contributed by atoms with Crippen LogP contribution < -0.4 is 5.14 Å². The maximum atomic E-state index is 13.0. The molecule has 0 radical (unpaired) electrons. The Balaban J connectivity index is 2.57. The van der Waals surface area contributed by atoms with E-state index in [2.05, 4.69) is 10.3 Å². The highest BCUT2D eigenvalue weighted by molar-refractivity contribution is 7.89. The standard InChI is InChI=1S/C12H15FN4O2S/c1-2-3-8-17-11(9-4-6-10(13)7-5-9)12(15-16-17)20(14,18)19/h4-7H,2-3,8H2,1H3,(H2,14,18,19). The smallest absolute Gasteiger partial charge is 0.243 e. The van der Waals surface area contributed by atoms with Crippen molar-refractivity contribution in [3.8, 4) is 11.3 Å². The van der Waals surface area contributed by atoms with E-state index in [-0.39, 0.29) is 5.03 Å². The molecule has 2 rings (SSSR count). The molecule has 0 aliphatic heterocycles. The number of primary sulfonamides is 1. The summed E-state index contributed by atoms with van der Waals surface area (Å²) >= 11 is 0. The highest BCUT2D eigenvalue weighted by Gasteiger charge is 2.23. The van der Waals surface area contributed by atoms with Crippen LogP contribution in [0.5, 0.6) is 0 Å². The van der Waals surface area contributed by atoms with Crippen LogP contribution in [0.15, 0.2) is 29.3 Å². The molecule has 1 aromatic carbocycles. The number of aryl methyl sites for hydroxylation is 1. The van der Waals surface area contributed by atoms with Crippen molar-refractivity contribution in [3.63, 3.8) is 0 Å². The number of nitrogens with zero attached hydrogens (tertiary/aromatic N) is 3. The average molecular weight is 298 g/mol. The Morgan fingerprint density at radius 2 is 1.95 bits per heavy atom. The predicted octanol–water partition coefficient (Wildman–Crippen LogP) is 1.53. The second-order valence-corrected chi connectivity index (χ2v) is 5.85. The SMILES string of the molecule is CCCCn1nnc(S(N)(=O)=O)c1-c1ccc(F)cc1. The second-order valence-electron chi connectivity index (χ2n) is 4.37. The zero-order valence-corrected chi connectivity index (χ0v) is 11.8. The van der Waals surface area contributed by atoms with Crippen molar-refractivity contribution >= 4 is 10.0 Å². The Bertz CT molecular complexity index is 695. The van der Waals surface area contributed by atoms with Gasteiger partial charge in [0.15, 0.2) is 0 Å². The zero-order valence-electron chi connectivity index (χ0n) is 11.0. The van der Waals surface area contributed by atoms with Gasteiger partial charge in [0, 0.05) is 12.1 Å². The normalized spacial score (nSPS) is 11.8. The van der Waals surface area contributed by atoms with Gasteiger partial charge in [0.25, 0.3) is 10.0 Å². The molecule has 6 nitrogen and oxygen atoms in total. The molecule has 0 bridgehead atoms. The minimum absolute atomic E-state index is 0.291. The summed E-state index contributed by atoms with van der Waals surface area (Å²) in [5.41, 5.74) is 0.803. The fourth-order valence-electron chi connectivity index (χ4n) is 1.83. The van der Waals surface area contributed by atoms with Crippen molar-refractivity contribution in [1.29, 1.82) is 0 Å². The summed E-state index contributed by atoms with van der Waals surface area (Å²) in [5, 5.41) is 12.3. The fraction of sp³-hybridized carbons (Fsp3) is 0.333. The molecule has 0 unspecified atom stereocenters. The van der Waals surface area contributed by atoms with E-state index in [1.807, 2.05) is 6.92 Å². The van der Waals surface area contributed by atoms with Crippen molar-refractivity contribution in [2.45, 2.75) is 31.3 Å². The first-order valence-corrected chi connectivity index (χ1v) is 7.70. The minimum atomic E-state index is -3.98. The Morgan fingerprint density at radius 3 is 2.50 bits per heavy atom. The van der Waals surface area contributed by atoms with Gasteiger partial charge in [0.2, 0.25) is 5.03 Å². The van der Waals surface area contributed by atoms with Crippen molar-refractivity contribution in [3.05, 3.63) is 30.1 Å². The monoisotopic (exact) mass is 298 g/mol. The van der Waals surface area contributed by atoms with Gasteiger partial charge in [-0.25, -0.2) is 22.6 Å². The molecule has 0 spiro atoms. The summed E-state index contributed by atoms with van der Waals surface area (Å²) in [6.45, 7) is 2.53. The van der Waals surface area contributed by atoms with Crippen LogP contribution in [-0.4, -0.2) is 23.4 Å². The lowest BCUT2D eigenvalue weighted by molar-refractivity contribution is 0.557. The predicted molar refractivity (Wildman–Crippen MR) is 71.7 cm³/mol. The van der Waals surface area contributed by atoms with Gasteiger partial charge in [0.05, 0.1) is 0 Å². The van der Waals surface area contributed by atoms with Gasteiger partial charge in [-0.3, -0.25) is 0 Å². The van der Waals surface area contributed by atoms with Crippen LogP contribution in [0.25, 0.3) is 11.3 Å². The van der Waals surface area contributed by atoms with Gasteiger partial charge in [0.1, 0.15) is 11.5 Å². The molecular formula is C12H15FN4O2S. The number of unbranched alkanes of at least 4 members (excludes halogenated alkanes) is 1. The van der Waals surface area contributed by atoms with Crippen LogP contribution in [0.2, 0.25) is 0 Å². The highest BCUT2D eigenvalue weighted by Crippen LogP contribution is 2.25. The minimum Gasteiger partial charge on any atom is -0.243 e. The Labute approximate surface area is 116 Å². The topological polar surface area (TPSA) is 90.9 Å². The quantitative estimate of drug-likeness (QED) is 0.906. The molecule has 8 heteroatoms. The summed E-state index contributed by atoms with van der Waals surface area (Å²) in [4.78, 5) is 0. The zero-order chi connectivity index (χ0) is 14.8. The Morgan fingerprint density at radius 1 is 1.30 bits per heavy atom. The number of hydrogen-bond donors (Lipinski definition) is 1. The van der Waals surface area contributed by atoms with Crippen LogP contribution in [0.1, 0.15) is 19.8 Å². The van der Waals surface area contributed by atoms with E-state index < -0.39 is 15.8 Å². The Hall–Kier alpha value is -1.80. The summed E-state index contributed by atoms with van der Waals surface area (Å²) in [6, 6.07) is 5.45. The van der Waals surface area contributed by atoms with Gasteiger partial charge in [-0.15, -0.1) is 5.10 Å². The highest BCUT2D eigenvalue weighted by atomic mass is 32.2. The number of aromatic nitrogens is 3. The molecular weight excluding hydrogens is 283 g/mol. The van der Waals surface area contributed by atoms with Crippen LogP contribution in [0.4, 0.5) is 4.39 Å². The van der Waals surface area contributed by atoms with Crippen molar-refractivity contribution in [2.75, 3.05) is 0 Å². The van der Waals surface area contributed by atoms with Crippen LogP contribution in [0, 0.1) is 5.82 Å². The summed E-state index contributed by atoms with van der Waals surface area (Å²) in [7, 11) is -3.98. The third-order valence-electron chi connectivity index (χ3n) is 2.81. The second kappa shape index (κ2) is 5.68. The number of sulfonamides is 1. The van der Waals surface area contributed by atoms with E-state index in [4.69, 9.17) is 5.14 Å². The van der Waals surface area contributed by atoms with Crippen LogP contribution >= 0.6 is 0 Å². The van der Waals surface area contributed by atoms with E-state index >= 15 is 0 Å². The van der Waals surface area contributed by atoms with Gasteiger partial charge < -0.3 is 0 Å². The summed E-state index contributed by atoms with van der Waals surface area (Å²) < 4.78 is 37.6. The molecule has 0 aliphatic rings. The molecule has 0 aliphatic carbocycles. The van der Waals surface area contributed by atoms with E-state index in [9.17, 15) is 12.8 Å². The first kappa shape index (κ1) is 14.6.